The maximum atomic E-state index is 11.7. The van der Waals surface area contributed by atoms with Gasteiger partial charge in [0.25, 0.3) is 0 Å². The van der Waals surface area contributed by atoms with Gasteiger partial charge in [-0.05, 0) is 25.1 Å². The first kappa shape index (κ1) is 13.2. The molecule has 1 aromatic heterocycles. The molecular weight excluding hydrogens is 274 g/mol. The lowest BCUT2D eigenvalue weighted by molar-refractivity contribution is 0.569. The highest BCUT2D eigenvalue weighted by molar-refractivity contribution is 7.91. The highest BCUT2D eigenvalue weighted by Crippen LogP contribution is 2.32. The maximum absolute atomic E-state index is 11.7. The fourth-order valence-electron chi connectivity index (χ4n) is 2.80. The molecule has 1 aromatic carbocycles. The van der Waals surface area contributed by atoms with Gasteiger partial charge in [0, 0.05) is 47.1 Å². The monoisotopic (exact) mass is 291 g/mol. The van der Waals surface area contributed by atoms with Crippen LogP contribution in [-0.4, -0.2) is 37.5 Å². The summed E-state index contributed by atoms with van der Waals surface area (Å²) >= 11 is 0. The van der Waals surface area contributed by atoms with Crippen LogP contribution in [0.3, 0.4) is 0 Å². The molecule has 6 heteroatoms. The number of anilines is 2. The summed E-state index contributed by atoms with van der Waals surface area (Å²) < 4.78 is 23.4. The predicted molar refractivity (Wildman–Crippen MR) is 81.6 cm³/mol. The zero-order chi connectivity index (χ0) is 14.3. The van der Waals surface area contributed by atoms with Crippen LogP contribution in [-0.2, 0) is 9.84 Å². The molecule has 1 saturated heterocycles. The molecule has 0 saturated carbocycles. The second-order valence-corrected chi connectivity index (χ2v) is 7.48. The Morgan fingerprint density at radius 3 is 2.85 bits per heavy atom. The van der Waals surface area contributed by atoms with Crippen LogP contribution in [0.25, 0.3) is 10.8 Å². The van der Waals surface area contributed by atoms with Crippen molar-refractivity contribution in [1.82, 2.24) is 4.98 Å². The van der Waals surface area contributed by atoms with Gasteiger partial charge in [-0.2, -0.15) is 0 Å². The molecule has 5 nitrogen and oxygen atoms in total. The molecular formula is C14H17N3O2S. The van der Waals surface area contributed by atoms with E-state index in [1.54, 1.807) is 12.4 Å². The minimum atomic E-state index is -2.91. The summed E-state index contributed by atoms with van der Waals surface area (Å²) in [5.74, 6) is 0.401. The van der Waals surface area contributed by atoms with Crippen LogP contribution < -0.4 is 10.6 Å². The molecule has 3 rings (SSSR count). The molecule has 0 bridgehead atoms. The van der Waals surface area contributed by atoms with Gasteiger partial charge in [0.15, 0.2) is 9.84 Å². The number of pyridine rings is 1. The molecule has 1 unspecified atom stereocenters. The molecule has 2 aromatic rings. The van der Waals surface area contributed by atoms with Crippen molar-refractivity contribution in [1.29, 1.82) is 0 Å². The van der Waals surface area contributed by atoms with E-state index in [2.05, 4.69) is 9.88 Å². The lowest BCUT2D eigenvalue weighted by Gasteiger charge is -2.36. The first-order valence-electron chi connectivity index (χ1n) is 6.57. The first-order chi connectivity index (χ1) is 9.48. The summed E-state index contributed by atoms with van der Waals surface area (Å²) in [4.78, 5) is 6.25. The first-order valence-corrected chi connectivity index (χ1v) is 8.39. The SMILES string of the molecule is CC1CS(=O)(=O)CCN1c1ccc(N)c2cnccc12. The van der Waals surface area contributed by atoms with E-state index in [1.165, 1.54) is 0 Å². The molecule has 0 spiro atoms. The minimum Gasteiger partial charge on any atom is -0.398 e. The normalized spacial score (nSPS) is 22.1. The minimum absolute atomic E-state index is 0.0336. The van der Waals surface area contributed by atoms with E-state index in [0.717, 1.165) is 16.5 Å². The molecule has 0 radical (unpaired) electrons. The van der Waals surface area contributed by atoms with Crippen LogP contribution in [0.1, 0.15) is 6.92 Å². The number of nitrogens with zero attached hydrogens (tertiary/aromatic N) is 2. The lowest BCUT2D eigenvalue weighted by Crippen LogP contribution is -2.47. The smallest absolute Gasteiger partial charge is 0.154 e. The molecule has 1 aliphatic heterocycles. The average Bonchev–Trinajstić information content (AvgIpc) is 2.40. The average molecular weight is 291 g/mol. The van der Waals surface area contributed by atoms with Gasteiger partial charge in [0.2, 0.25) is 0 Å². The van der Waals surface area contributed by atoms with Gasteiger partial charge < -0.3 is 10.6 Å². The molecule has 2 N–H and O–H groups in total. The number of nitrogens with two attached hydrogens (primary N) is 1. The molecule has 1 atom stereocenters. The van der Waals surface area contributed by atoms with Crippen molar-refractivity contribution < 1.29 is 8.42 Å². The van der Waals surface area contributed by atoms with Crippen molar-refractivity contribution in [2.24, 2.45) is 0 Å². The van der Waals surface area contributed by atoms with Crippen LogP contribution in [0, 0.1) is 0 Å². The van der Waals surface area contributed by atoms with Crippen LogP contribution in [0.15, 0.2) is 30.6 Å². The van der Waals surface area contributed by atoms with Crippen LogP contribution in [0.4, 0.5) is 11.4 Å². The number of nitrogen functional groups attached to an aromatic ring is 1. The number of sulfone groups is 1. The molecule has 106 valence electrons. The van der Waals surface area contributed by atoms with Gasteiger partial charge in [-0.3, -0.25) is 4.98 Å². The largest absolute Gasteiger partial charge is 0.398 e. The Bertz CT molecular complexity index is 758. The molecule has 20 heavy (non-hydrogen) atoms. The van der Waals surface area contributed by atoms with Crippen molar-refractivity contribution in [2.75, 3.05) is 28.7 Å². The molecule has 2 heterocycles. The highest BCUT2D eigenvalue weighted by Gasteiger charge is 2.29. The molecule has 0 aliphatic carbocycles. The van der Waals surface area contributed by atoms with Crippen molar-refractivity contribution in [3.05, 3.63) is 30.6 Å². The van der Waals surface area contributed by atoms with Gasteiger partial charge in [-0.15, -0.1) is 0 Å². The van der Waals surface area contributed by atoms with Crippen molar-refractivity contribution >= 4 is 32.0 Å². The number of hydrogen-bond acceptors (Lipinski definition) is 5. The fraction of sp³-hybridized carbons (Fsp3) is 0.357. The summed E-state index contributed by atoms with van der Waals surface area (Å²) in [6, 6.07) is 5.71. The van der Waals surface area contributed by atoms with E-state index in [9.17, 15) is 8.42 Å². The fourth-order valence-corrected chi connectivity index (χ4v) is 4.36. The number of rotatable bonds is 1. The van der Waals surface area contributed by atoms with Crippen molar-refractivity contribution in [3.63, 3.8) is 0 Å². The third-order valence-electron chi connectivity index (χ3n) is 3.81. The van der Waals surface area contributed by atoms with E-state index in [0.29, 0.717) is 12.2 Å². The maximum Gasteiger partial charge on any atom is 0.154 e. The van der Waals surface area contributed by atoms with Gasteiger partial charge in [-0.1, -0.05) is 0 Å². The van der Waals surface area contributed by atoms with Crippen LogP contribution in [0.5, 0.6) is 0 Å². The summed E-state index contributed by atoms with van der Waals surface area (Å²) in [7, 11) is -2.91. The Balaban J connectivity index is 2.09. The van der Waals surface area contributed by atoms with E-state index in [4.69, 9.17) is 5.73 Å². The second kappa shape index (κ2) is 4.63. The Kier molecular flexibility index (Phi) is 3.05. The van der Waals surface area contributed by atoms with E-state index in [-0.39, 0.29) is 17.5 Å². The molecule has 0 amide bonds. The van der Waals surface area contributed by atoms with Crippen molar-refractivity contribution in [2.45, 2.75) is 13.0 Å². The zero-order valence-corrected chi connectivity index (χ0v) is 12.1. The van der Waals surface area contributed by atoms with Gasteiger partial charge in [0.05, 0.1) is 11.5 Å². The third kappa shape index (κ3) is 2.20. The Hall–Kier alpha value is -1.82. The quantitative estimate of drug-likeness (QED) is 0.805. The van der Waals surface area contributed by atoms with E-state index >= 15 is 0 Å². The lowest BCUT2D eigenvalue weighted by atomic mass is 10.1. The third-order valence-corrected chi connectivity index (χ3v) is 5.60. The number of benzene rings is 1. The summed E-state index contributed by atoms with van der Waals surface area (Å²) in [6.07, 6.45) is 3.48. The topological polar surface area (TPSA) is 76.3 Å². The number of aromatic nitrogens is 1. The van der Waals surface area contributed by atoms with Crippen LogP contribution >= 0.6 is 0 Å². The summed E-state index contributed by atoms with van der Waals surface area (Å²) in [5.41, 5.74) is 7.69. The summed E-state index contributed by atoms with van der Waals surface area (Å²) in [6.45, 7) is 2.46. The Morgan fingerprint density at radius 1 is 1.30 bits per heavy atom. The zero-order valence-electron chi connectivity index (χ0n) is 11.3. The summed E-state index contributed by atoms with van der Waals surface area (Å²) in [5, 5.41) is 1.93. The standard InChI is InChI=1S/C14H17N3O2S/c1-10-9-20(18,19)7-6-17(10)14-3-2-13(15)12-8-16-5-4-11(12)14/h2-5,8,10H,6-7,9,15H2,1H3. The highest BCUT2D eigenvalue weighted by atomic mass is 32.2. The second-order valence-electron chi connectivity index (χ2n) is 5.25. The Morgan fingerprint density at radius 2 is 2.10 bits per heavy atom. The van der Waals surface area contributed by atoms with Crippen LogP contribution in [0.2, 0.25) is 0 Å². The van der Waals surface area contributed by atoms with Gasteiger partial charge >= 0.3 is 0 Å². The van der Waals surface area contributed by atoms with E-state index < -0.39 is 9.84 Å². The Labute approximate surface area is 118 Å². The van der Waals surface area contributed by atoms with Gasteiger partial charge in [0.1, 0.15) is 0 Å². The van der Waals surface area contributed by atoms with Gasteiger partial charge in [-0.25, -0.2) is 8.42 Å². The predicted octanol–water partition coefficient (Wildman–Crippen LogP) is 1.44. The number of fused-ring (bicyclic) bond motifs is 1. The van der Waals surface area contributed by atoms with E-state index in [1.807, 2.05) is 25.1 Å². The van der Waals surface area contributed by atoms with Crippen molar-refractivity contribution in [3.8, 4) is 0 Å². The number of hydrogen-bond donors (Lipinski definition) is 1. The molecule has 1 fully saturated rings. The molecule has 1 aliphatic rings.